The molecule has 0 saturated carbocycles. The Morgan fingerprint density at radius 2 is 1.59 bits per heavy atom. The van der Waals surface area contributed by atoms with Gasteiger partial charge in [0.1, 0.15) is 0 Å². The van der Waals surface area contributed by atoms with Crippen molar-refractivity contribution in [3.05, 3.63) is 63.1 Å². The molecule has 1 amide bonds. The van der Waals surface area contributed by atoms with Gasteiger partial charge in [0, 0.05) is 31.7 Å². The second-order valence-corrected chi connectivity index (χ2v) is 9.31. The van der Waals surface area contributed by atoms with Gasteiger partial charge in [0.15, 0.2) is 0 Å². The van der Waals surface area contributed by atoms with Crippen molar-refractivity contribution >= 4 is 39.1 Å². The van der Waals surface area contributed by atoms with Crippen LogP contribution in [0.1, 0.15) is 21.5 Å². The topological polar surface area (TPSA) is 57.7 Å². The molecule has 5 nitrogen and oxygen atoms in total. The van der Waals surface area contributed by atoms with E-state index in [-0.39, 0.29) is 19.0 Å². The summed E-state index contributed by atoms with van der Waals surface area (Å²) in [5, 5.41) is 0.705. The van der Waals surface area contributed by atoms with E-state index in [1.165, 1.54) is 10.4 Å². The van der Waals surface area contributed by atoms with E-state index in [4.69, 9.17) is 23.2 Å². The van der Waals surface area contributed by atoms with Gasteiger partial charge in [-0.1, -0.05) is 35.3 Å². The molecule has 2 aromatic rings. The van der Waals surface area contributed by atoms with Gasteiger partial charge >= 0.3 is 0 Å². The number of piperazine rings is 1. The average Bonchev–Trinajstić information content (AvgIpc) is 2.65. The van der Waals surface area contributed by atoms with Gasteiger partial charge in [-0.05, 0) is 49.2 Å². The van der Waals surface area contributed by atoms with Crippen LogP contribution in [0, 0.1) is 13.8 Å². The fraction of sp³-hybridized carbons (Fsp3) is 0.316. The number of sulfonamides is 1. The van der Waals surface area contributed by atoms with Crippen LogP contribution in [-0.4, -0.2) is 49.7 Å². The Bertz CT molecular complexity index is 984. The van der Waals surface area contributed by atoms with Gasteiger partial charge in [0.2, 0.25) is 10.0 Å². The van der Waals surface area contributed by atoms with Crippen molar-refractivity contribution in [1.29, 1.82) is 0 Å². The van der Waals surface area contributed by atoms with Gasteiger partial charge in [0.25, 0.3) is 5.91 Å². The molecular weight excluding hydrogens is 407 g/mol. The van der Waals surface area contributed by atoms with Crippen LogP contribution in [0.15, 0.2) is 41.3 Å². The maximum atomic E-state index is 13.0. The number of benzene rings is 2. The largest absolute Gasteiger partial charge is 0.336 e. The number of carbonyl (C=O) groups is 1. The van der Waals surface area contributed by atoms with Crippen molar-refractivity contribution in [2.45, 2.75) is 18.7 Å². The molecular formula is C19H20Cl2N2O3S. The molecule has 3 rings (SSSR count). The molecule has 1 fully saturated rings. The summed E-state index contributed by atoms with van der Waals surface area (Å²) >= 11 is 11.9. The van der Waals surface area contributed by atoms with Gasteiger partial charge in [-0.2, -0.15) is 4.31 Å². The third-order valence-corrected chi connectivity index (χ3v) is 7.43. The minimum atomic E-state index is -3.58. The van der Waals surface area contributed by atoms with Gasteiger partial charge < -0.3 is 4.90 Å². The fourth-order valence-electron chi connectivity index (χ4n) is 3.07. The first kappa shape index (κ1) is 20.1. The molecule has 0 aliphatic carbocycles. The van der Waals surface area contributed by atoms with Gasteiger partial charge in [-0.15, -0.1) is 0 Å². The van der Waals surface area contributed by atoms with Crippen molar-refractivity contribution in [3.8, 4) is 0 Å². The number of carbonyl (C=O) groups excluding carboxylic acids is 1. The van der Waals surface area contributed by atoms with E-state index in [9.17, 15) is 13.2 Å². The Morgan fingerprint density at radius 1 is 0.926 bits per heavy atom. The number of hydrogen-bond donors (Lipinski definition) is 0. The maximum absolute atomic E-state index is 13.0. The van der Waals surface area contributed by atoms with Crippen LogP contribution in [0.5, 0.6) is 0 Å². The first-order valence-electron chi connectivity index (χ1n) is 8.52. The van der Waals surface area contributed by atoms with E-state index in [1.807, 2.05) is 19.1 Å². The molecule has 1 saturated heterocycles. The lowest BCUT2D eigenvalue weighted by Crippen LogP contribution is -2.50. The number of amides is 1. The lowest BCUT2D eigenvalue weighted by Gasteiger charge is -2.34. The smallest absolute Gasteiger partial charge is 0.253 e. The van der Waals surface area contributed by atoms with Crippen LogP contribution in [0.3, 0.4) is 0 Å². The molecule has 8 heteroatoms. The molecule has 1 aliphatic heterocycles. The summed E-state index contributed by atoms with van der Waals surface area (Å²) in [6, 6.07) is 10.1. The third kappa shape index (κ3) is 4.14. The molecule has 27 heavy (non-hydrogen) atoms. The van der Waals surface area contributed by atoms with E-state index < -0.39 is 10.0 Å². The van der Waals surface area contributed by atoms with Gasteiger partial charge in [-0.3, -0.25) is 4.79 Å². The van der Waals surface area contributed by atoms with Crippen LogP contribution < -0.4 is 0 Å². The fourth-order valence-corrected chi connectivity index (χ4v) is 5.10. The molecule has 0 N–H and O–H groups in total. The first-order valence-corrected chi connectivity index (χ1v) is 10.7. The van der Waals surface area contributed by atoms with E-state index in [0.29, 0.717) is 33.6 Å². The highest BCUT2D eigenvalue weighted by Crippen LogP contribution is 2.25. The van der Waals surface area contributed by atoms with Crippen molar-refractivity contribution in [3.63, 3.8) is 0 Å². The quantitative estimate of drug-likeness (QED) is 0.750. The average molecular weight is 427 g/mol. The number of halogens is 2. The van der Waals surface area contributed by atoms with E-state index in [1.54, 1.807) is 30.0 Å². The zero-order valence-electron chi connectivity index (χ0n) is 15.1. The molecule has 2 aromatic carbocycles. The summed E-state index contributed by atoms with van der Waals surface area (Å²) in [5.74, 6) is -0.183. The SMILES string of the molecule is Cc1ccc(C)c(S(=O)(=O)N2CCN(C(=O)c3ccc(Cl)c(Cl)c3)CC2)c1. The van der Waals surface area contributed by atoms with Crippen molar-refractivity contribution in [2.24, 2.45) is 0 Å². The standard InChI is InChI=1S/C19H20Cl2N2O3S/c1-13-3-4-14(2)18(11-13)27(25,26)23-9-7-22(8-10-23)19(24)15-5-6-16(20)17(21)12-15/h3-6,11-12H,7-10H2,1-2H3. The molecule has 0 atom stereocenters. The highest BCUT2D eigenvalue weighted by Gasteiger charge is 2.31. The summed E-state index contributed by atoms with van der Waals surface area (Å²) in [7, 11) is -3.58. The molecule has 0 aromatic heterocycles. The molecule has 0 spiro atoms. The van der Waals surface area contributed by atoms with Crippen LogP contribution in [0.4, 0.5) is 0 Å². The van der Waals surface area contributed by atoms with Crippen molar-refractivity contribution in [2.75, 3.05) is 26.2 Å². The number of aryl methyl sites for hydroxylation is 2. The maximum Gasteiger partial charge on any atom is 0.253 e. The van der Waals surface area contributed by atoms with Crippen LogP contribution in [0.2, 0.25) is 10.0 Å². The van der Waals surface area contributed by atoms with Crippen LogP contribution >= 0.6 is 23.2 Å². The second kappa shape index (κ2) is 7.80. The molecule has 144 valence electrons. The minimum Gasteiger partial charge on any atom is -0.336 e. The zero-order chi connectivity index (χ0) is 19.8. The number of nitrogens with zero attached hydrogens (tertiary/aromatic N) is 2. The normalized spacial score (nSPS) is 15.8. The Balaban J connectivity index is 1.73. The first-order chi connectivity index (χ1) is 12.7. The van der Waals surface area contributed by atoms with E-state index in [0.717, 1.165) is 11.1 Å². The van der Waals surface area contributed by atoms with Crippen LogP contribution in [0.25, 0.3) is 0 Å². The molecule has 1 aliphatic rings. The predicted octanol–water partition coefficient (Wildman–Crippen LogP) is 3.76. The van der Waals surface area contributed by atoms with Crippen LogP contribution in [-0.2, 0) is 10.0 Å². The molecule has 0 bridgehead atoms. The molecule has 1 heterocycles. The summed E-state index contributed by atoms with van der Waals surface area (Å²) in [4.78, 5) is 14.6. The Labute approximate surface area is 169 Å². The Morgan fingerprint density at radius 3 is 2.22 bits per heavy atom. The Kier molecular flexibility index (Phi) is 5.82. The van der Waals surface area contributed by atoms with Crippen molar-refractivity contribution in [1.82, 2.24) is 9.21 Å². The van der Waals surface area contributed by atoms with E-state index >= 15 is 0 Å². The zero-order valence-corrected chi connectivity index (χ0v) is 17.4. The summed E-state index contributed by atoms with van der Waals surface area (Å²) in [5.41, 5.74) is 2.05. The second-order valence-electron chi connectivity index (χ2n) is 6.59. The van der Waals surface area contributed by atoms with Crippen molar-refractivity contribution < 1.29 is 13.2 Å². The molecule has 0 unspecified atom stereocenters. The number of rotatable bonds is 3. The lowest BCUT2D eigenvalue weighted by molar-refractivity contribution is 0.0698. The lowest BCUT2D eigenvalue weighted by atomic mass is 10.2. The van der Waals surface area contributed by atoms with Gasteiger partial charge in [-0.25, -0.2) is 8.42 Å². The summed E-state index contributed by atoms with van der Waals surface area (Å²) in [6.07, 6.45) is 0. The monoisotopic (exact) mass is 426 g/mol. The third-order valence-electron chi connectivity index (χ3n) is 4.65. The predicted molar refractivity (Wildman–Crippen MR) is 107 cm³/mol. The number of hydrogen-bond acceptors (Lipinski definition) is 3. The Hall–Kier alpha value is -1.60. The van der Waals surface area contributed by atoms with Gasteiger partial charge in [0.05, 0.1) is 14.9 Å². The van der Waals surface area contributed by atoms with E-state index in [2.05, 4.69) is 0 Å². The highest BCUT2D eigenvalue weighted by atomic mass is 35.5. The summed E-state index contributed by atoms with van der Waals surface area (Å²) in [6.45, 7) is 4.81. The molecule has 0 radical (unpaired) electrons. The minimum absolute atomic E-state index is 0.183. The summed E-state index contributed by atoms with van der Waals surface area (Å²) < 4.78 is 27.4. The highest BCUT2D eigenvalue weighted by molar-refractivity contribution is 7.89.